The van der Waals surface area contributed by atoms with Gasteiger partial charge in [0.25, 0.3) is 0 Å². The van der Waals surface area contributed by atoms with E-state index < -0.39 is 27.8 Å². The molecule has 14 atom stereocenters. The molecule has 10 heteroatoms. The first-order valence-electron chi connectivity index (χ1n) is 22.4. The first-order valence-corrected chi connectivity index (χ1v) is 24.2. The predicted molar refractivity (Wildman–Crippen MR) is 220 cm³/mol. The smallest absolute Gasteiger partial charge is 0.307 e. The molecule has 0 radical (unpaired) electrons. The van der Waals surface area contributed by atoms with Crippen LogP contribution in [0.1, 0.15) is 139 Å². The third-order valence-corrected chi connectivity index (χ3v) is 20.9. The zero-order valence-electron chi connectivity index (χ0n) is 36.3. The van der Waals surface area contributed by atoms with Crippen LogP contribution in [0.4, 0.5) is 0 Å². The number of sulfone groups is 1. The highest BCUT2D eigenvalue weighted by molar-refractivity contribution is 7.91. The van der Waals surface area contributed by atoms with Gasteiger partial charge in [0.15, 0.2) is 9.84 Å². The van der Waals surface area contributed by atoms with Crippen molar-refractivity contribution in [2.75, 3.05) is 31.1 Å². The summed E-state index contributed by atoms with van der Waals surface area (Å²) in [7, 11) is -2.98. The molecule has 0 bridgehead atoms. The van der Waals surface area contributed by atoms with Gasteiger partial charge in [-0.3, -0.25) is 14.5 Å². The summed E-state index contributed by atoms with van der Waals surface area (Å²) in [6, 6.07) is -0.0529. The summed E-state index contributed by atoms with van der Waals surface area (Å²) in [4.78, 5) is 27.4. The van der Waals surface area contributed by atoms with E-state index in [-0.39, 0.29) is 74.6 Å². The maximum absolute atomic E-state index is 13.4. The summed E-state index contributed by atoms with van der Waals surface area (Å²) in [5.74, 6) is 1.35. The number of hydrogen-bond donors (Lipinski definition) is 3. The molecule has 0 amide bonds. The number of fused-ring (bicyclic) bond motifs is 7. The summed E-state index contributed by atoms with van der Waals surface area (Å²) in [5.41, 5.74) is 1.39. The van der Waals surface area contributed by atoms with Crippen LogP contribution < -0.4 is 5.32 Å². The molecule has 0 aromatic heterocycles. The van der Waals surface area contributed by atoms with Gasteiger partial charge in [0.2, 0.25) is 0 Å². The summed E-state index contributed by atoms with van der Waals surface area (Å²) < 4.78 is 30.7. The van der Waals surface area contributed by atoms with Crippen molar-refractivity contribution < 1.29 is 33.0 Å². The van der Waals surface area contributed by atoms with Crippen molar-refractivity contribution >= 4 is 21.8 Å². The van der Waals surface area contributed by atoms with Gasteiger partial charge in [0.1, 0.15) is 6.10 Å². The van der Waals surface area contributed by atoms with Crippen molar-refractivity contribution in [3.8, 4) is 0 Å². The largest absolute Gasteiger partial charge is 0.481 e. The minimum absolute atomic E-state index is 0.0522. The SMILES string of the molecule is C=C(C)[C@@H]1CC[C@]2(NCCC(C(C)O)N3CCS(=O)(=O)CC3)CC[C@]3(C)[C@H](CC[C@@H]4[C@@]5(C)CC[C@H](OC(=O)C[C@@H]6[C@H](C(=O)O)C6(C)C)C(C)(C)[C@@H]5CC[C@]43C)[C@@H]12. The monoisotopic (exact) mass is 801 g/mol. The Morgan fingerprint density at radius 2 is 1.55 bits per heavy atom. The van der Waals surface area contributed by atoms with Crippen molar-refractivity contribution in [1.29, 1.82) is 0 Å². The number of aliphatic carboxylic acids is 1. The average Bonchev–Trinajstić information content (AvgIpc) is 3.42. The van der Waals surface area contributed by atoms with Crippen LogP contribution in [-0.4, -0.2) is 90.4 Å². The number of aliphatic hydroxyl groups is 1. The van der Waals surface area contributed by atoms with Crippen LogP contribution >= 0.6 is 0 Å². The Labute approximate surface area is 338 Å². The maximum Gasteiger partial charge on any atom is 0.307 e. The van der Waals surface area contributed by atoms with Gasteiger partial charge in [0, 0.05) is 36.5 Å². The molecule has 2 unspecified atom stereocenters. The quantitative estimate of drug-likeness (QED) is 0.143. The van der Waals surface area contributed by atoms with Crippen molar-refractivity contribution in [1.82, 2.24) is 10.2 Å². The second-order valence-electron chi connectivity index (χ2n) is 22.3. The number of ether oxygens (including phenoxy) is 1. The Balaban J connectivity index is 1.07. The molecule has 1 heterocycles. The number of hydrogen-bond acceptors (Lipinski definition) is 8. The Morgan fingerprint density at radius 1 is 0.875 bits per heavy atom. The Kier molecular flexibility index (Phi) is 10.9. The zero-order valence-corrected chi connectivity index (χ0v) is 37.1. The molecule has 6 aliphatic carbocycles. The molecule has 9 nitrogen and oxygen atoms in total. The van der Waals surface area contributed by atoms with E-state index in [1.807, 2.05) is 20.8 Å². The minimum Gasteiger partial charge on any atom is -0.481 e. The predicted octanol–water partition coefficient (Wildman–Crippen LogP) is 7.51. The number of carboxylic acid groups (broad SMARTS) is 1. The number of aliphatic hydroxyl groups excluding tert-OH is 1. The normalized spacial score (nSPS) is 45.9. The molecular formula is C46H76N2O7S. The standard InChI is InChI=1S/C46H76N2O7S/c1-28(2)30-13-19-46(47-22-16-33(29(3)49)48-23-25-56(53,54)26-24-48)21-20-44(9)31(38(30)46)11-12-35-43(8)17-15-36(42(6,7)34(43)14-18-45(35,44)10)55-37(50)27-32-39(40(51)52)41(32,4)5/h29-36,38-39,47,49H,1,11-27H2,2-10H3,(H,51,52)/t29?,30-,31+,32+,33?,34-,35+,36-,38+,39+,43-,44+,45+,46-/m0/s1. The van der Waals surface area contributed by atoms with Gasteiger partial charge >= 0.3 is 11.9 Å². The third-order valence-electron chi connectivity index (χ3n) is 19.3. The highest BCUT2D eigenvalue weighted by Crippen LogP contribution is 2.76. The molecule has 0 aromatic rings. The molecule has 56 heavy (non-hydrogen) atoms. The number of carbonyl (C=O) groups excluding carboxylic acids is 1. The van der Waals surface area contributed by atoms with Gasteiger partial charge in [-0.2, -0.15) is 0 Å². The van der Waals surface area contributed by atoms with Crippen LogP contribution in [0.15, 0.2) is 12.2 Å². The fourth-order valence-electron chi connectivity index (χ4n) is 15.9. The minimum atomic E-state index is -2.98. The van der Waals surface area contributed by atoms with Crippen molar-refractivity contribution in [3.63, 3.8) is 0 Å². The highest BCUT2D eigenvalue weighted by Gasteiger charge is 2.71. The number of rotatable bonds is 11. The van der Waals surface area contributed by atoms with Crippen LogP contribution in [0.3, 0.4) is 0 Å². The van der Waals surface area contributed by atoms with E-state index in [2.05, 4.69) is 58.3 Å². The summed E-state index contributed by atoms with van der Waals surface area (Å²) in [6.45, 7) is 27.0. The van der Waals surface area contributed by atoms with E-state index in [9.17, 15) is 28.2 Å². The lowest BCUT2D eigenvalue weighted by atomic mass is 9.32. The fraction of sp³-hybridized carbons (Fsp3) is 0.913. The Bertz CT molecular complexity index is 1660. The number of allylic oxidation sites excluding steroid dienone is 1. The third kappa shape index (κ3) is 6.67. The van der Waals surface area contributed by atoms with E-state index in [4.69, 9.17) is 4.74 Å². The van der Waals surface area contributed by atoms with Gasteiger partial charge in [-0.05, 0) is 148 Å². The van der Waals surface area contributed by atoms with Gasteiger partial charge < -0.3 is 20.3 Å². The molecule has 7 aliphatic rings. The van der Waals surface area contributed by atoms with Crippen LogP contribution in [0.25, 0.3) is 0 Å². The van der Waals surface area contributed by atoms with Crippen LogP contribution in [0.2, 0.25) is 0 Å². The van der Waals surface area contributed by atoms with Crippen LogP contribution in [-0.2, 0) is 24.2 Å². The second-order valence-corrected chi connectivity index (χ2v) is 24.6. The highest BCUT2D eigenvalue weighted by atomic mass is 32.2. The summed E-state index contributed by atoms with van der Waals surface area (Å²) in [5, 5.41) is 24.7. The van der Waals surface area contributed by atoms with E-state index in [0.717, 1.165) is 45.1 Å². The van der Waals surface area contributed by atoms with Crippen molar-refractivity contribution in [2.24, 2.45) is 68.5 Å². The van der Waals surface area contributed by atoms with E-state index in [1.165, 1.54) is 37.7 Å². The summed E-state index contributed by atoms with van der Waals surface area (Å²) >= 11 is 0. The fourth-order valence-corrected chi connectivity index (χ4v) is 17.1. The van der Waals surface area contributed by atoms with Crippen LogP contribution in [0.5, 0.6) is 0 Å². The van der Waals surface area contributed by atoms with Crippen molar-refractivity contribution in [3.05, 3.63) is 12.2 Å². The average molecular weight is 801 g/mol. The number of carbonyl (C=O) groups is 2. The molecule has 3 N–H and O–H groups in total. The number of carboxylic acids is 1. The maximum atomic E-state index is 13.4. The molecule has 6 saturated carbocycles. The van der Waals surface area contributed by atoms with E-state index >= 15 is 0 Å². The Hall–Kier alpha value is -1.49. The number of nitrogens with one attached hydrogen (secondary N) is 1. The number of nitrogens with zero attached hydrogens (tertiary/aromatic N) is 1. The van der Waals surface area contributed by atoms with Crippen LogP contribution in [0, 0.1) is 68.5 Å². The van der Waals surface area contributed by atoms with Gasteiger partial charge in [-0.1, -0.05) is 60.6 Å². The molecule has 0 aromatic carbocycles. The molecule has 1 saturated heterocycles. The number of esters is 1. The molecule has 1 aliphatic heterocycles. The molecular weight excluding hydrogens is 725 g/mol. The van der Waals surface area contributed by atoms with E-state index in [1.54, 1.807) is 0 Å². The van der Waals surface area contributed by atoms with Gasteiger partial charge in [-0.15, -0.1) is 0 Å². The van der Waals surface area contributed by atoms with Crippen molar-refractivity contribution in [2.45, 2.75) is 163 Å². The molecule has 318 valence electrons. The summed E-state index contributed by atoms with van der Waals surface area (Å²) in [6.07, 6.45) is 11.7. The second kappa shape index (κ2) is 14.3. The molecule has 0 spiro atoms. The zero-order chi connectivity index (χ0) is 41.0. The topological polar surface area (TPSA) is 133 Å². The lowest BCUT2D eigenvalue weighted by Gasteiger charge is -2.73. The first-order chi connectivity index (χ1) is 26.0. The molecule has 7 fully saturated rings. The van der Waals surface area contributed by atoms with E-state index in [0.29, 0.717) is 42.7 Å². The lowest BCUT2D eigenvalue weighted by Crippen LogP contribution is -2.69. The Morgan fingerprint density at radius 3 is 2.16 bits per heavy atom. The first kappa shape index (κ1) is 42.6. The molecule has 7 rings (SSSR count). The van der Waals surface area contributed by atoms with Gasteiger partial charge in [-0.25, -0.2) is 8.42 Å². The lowest BCUT2D eigenvalue weighted by molar-refractivity contribution is -0.246. The van der Waals surface area contributed by atoms with Gasteiger partial charge in [0.05, 0.1) is 23.5 Å².